The standard InChI is InChI=1S/C15H20N4O/c1-11-3-2-4-12(9-11)15-17-14(20-18-15)10-19-7-5-13(16)6-8-19/h2-4,9,13H,5-8,10,16H2,1H3. The molecule has 1 saturated heterocycles. The third-order valence-electron chi connectivity index (χ3n) is 3.74. The van der Waals surface area contributed by atoms with Crippen molar-refractivity contribution >= 4 is 0 Å². The maximum atomic E-state index is 5.91. The van der Waals surface area contributed by atoms with Gasteiger partial charge in [-0.1, -0.05) is 28.9 Å². The van der Waals surface area contributed by atoms with Gasteiger partial charge in [0.15, 0.2) is 0 Å². The van der Waals surface area contributed by atoms with Gasteiger partial charge in [0.25, 0.3) is 0 Å². The van der Waals surface area contributed by atoms with Crippen molar-refractivity contribution in [2.75, 3.05) is 13.1 Å². The molecule has 5 heteroatoms. The van der Waals surface area contributed by atoms with Gasteiger partial charge in [0.2, 0.25) is 11.7 Å². The molecule has 3 rings (SSSR count). The number of aromatic nitrogens is 2. The van der Waals surface area contributed by atoms with E-state index < -0.39 is 0 Å². The number of hydrogen-bond donors (Lipinski definition) is 1. The Bertz CT molecular complexity index is 573. The first-order chi connectivity index (χ1) is 9.70. The first-order valence-corrected chi connectivity index (χ1v) is 7.08. The van der Waals surface area contributed by atoms with Crippen LogP contribution in [0.1, 0.15) is 24.3 Å². The average molecular weight is 272 g/mol. The Kier molecular flexibility index (Phi) is 3.80. The van der Waals surface area contributed by atoms with Gasteiger partial charge in [0.1, 0.15) is 0 Å². The van der Waals surface area contributed by atoms with Crippen LogP contribution in [-0.4, -0.2) is 34.2 Å². The van der Waals surface area contributed by atoms with Gasteiger partial charge < -0.3 is 10.3 Å². The Morgan fingerprint density at radius 2 is 2.15 bits per heavy atom. The number of hydrogen-bond acceptors (Lipinski definition) is 5. The quantitative estimate of drug-likeness (QED) is 0.925. The first-order valence-electron chi connectivity index (χ1n) is 7.08. The van der Waals surface area contributed by atoms with Crippen LogP contribution in [0.2, 0.25) is 0 Å². The molecule has 0 amide bonds. The molecule has 2 N–H and O–H groups in total. The number of rotatable bonds is 3. The third-order valence-corrected chi connectivity index (χ3v) is 3.74. The minimum Gasteiger partial charge on any atom is -0.338 e. The number of benzene rings is 1. The molecule has 2 aromatic rings. The average Bonchev–Trinajstić information content (AvgIpc) is 2.90. The van der Waals surface area contributed by atoms with Crippen molar-refractivity contribution in [2.24, 2.45) is 5.73 Å². The predicted molar refractivity (Wildman–Crippen MR) is 77.0 cm³/mol. The topological polar surface area (TPSA) is 68.2 Å². The fourth-order valence-corrected chi connectivity index (χ4v) is 2.52. The number of nitrogens with zero attached hydrogens (tertiary/aromatic N) is 3. The molecule has 1 aliphatic rings. The lowest BCUT2D eigenvalue weighted by Crippen LogP contribution is -2.39. The van der Waals surface area contributed by atoms with Gasteiger partial charge in [-0.05, 0) is 25.8 Å². The van der Waals surface area contributed by atoms with Gasteiger partial charge in [-0.2, -0.15) is 4.98 Å². The minimum absolute atomic E-state index is 0.344. The first kappa shape index (κ1) is 13.3. The summed E-state index contributed by atoms with van der Waals surface area (Å²) in [5.74, 6) is 1.34. The molecule has 0 saturated carbocycles. The van der Waals surface area contributed by atoms with Crippen LogP contribution < -0.4 is 5.73 Å². The maximum absolute atomic E-state index is 5.91. The highest BCUT2D eigenvalue weighted by atomic mass is 16.5. The highest BCUT2D eigenvalue weighted by Crippen LogP contribution is 2.18. The van der Waals surface area contributed by atoms with Crippen molar-refractivity contribution in [1.29, 1.82) is 0 Å². The molecule has 2 heterocycles. The summed E-state index contributed by atoms with van der Waals surface area (Å²) in [4.78, 5) is 6.80. The maximum Gasteiger partial charge on any atom is 0.241 e. The molecule has 0 radical (unpaired) electrons. The molecular weight excluding hydrogens is 252 g/mol. The lowest BCUT2D eigenvalue weighted by molar-refractivity contribution is 0.182. The Balaban J connectivity index is 1.68. The van der Waals surface area contributed by atoms with Crippen LogP contribution in [0.25, 0.3) is 11.4 Å². The zero-order valence-corrected chi connectivity index (χ0v) is 11.7. The second-order valence-corrected chi connectivity index (χ2v) is 5.49. The summed E-state index contributed by atoms with van der Waals surface area (Å²) in [7, 11) is 0. The van der Waals surface area contributed by atoms with Gasteiger partial charge in [-0.3, -0.25) is 4.90 Å². The van der Waals surface area contributed by atoms with Crippen molar-refractivity contribution in [3.63, 3.8) is 0 Å². The van der Waals surface area contributed by atoms with Crippen molar-refractivity contribution in [1.82, 2.24) is 15.0 Å². The summed E-state index contributed by atoms with van der Waals surface area (Å²) in [6, 6.07) is 8.47. The Hall–Kier alpha value is -1.72. The van der Waals surface area contributed by atoms with Gasteiger partial charge in [-0.15, -0.1) is 0 Å². The van der Waals surface area contributed by atoms with Crippen LogP contribution in [0.3, 0.4) is 0 Å². The van der Waals surface area contributed by atoms with Crippen molar-refractivity contribution in [3.05, 3.63) is 35.7 Å². The summed E-state index contributed by atoms with van der Waals surface area (Å²) >= 11 is 0. The molecule has 20 heavy (non-hydrogen) atoms. The van der Waals surface area contributed by atoms with Gasteiger partial charge in [0.05, 0.1) is 6.54 Å². The van der Waals surface area contributed by atoms with E-state index in [0.717, 1.165) is 31.5 Å². The number of aryl methyl sites for hydroxylation is 1. The van der Waals surface area contributed by atoms with E-state index in [2.05, 4.69) is 34.1 Å². The SMILES string of the molecule is Cc1cccc(-c2noc(CN3CCC(N)CC3)n2)c1. The molecule has 0 spiro atoms. The van der Waals surface area contributed by atoms with Crippen molar-refractivity contribution in [2.45, 2.75) is 32.4 Å². The van der Waals surface area contributed by atoms with Crippen LogP contribution in [0.4, 0.5) is 0 Å². The molecule has 1 aliphatic heterocycles. The lowest BCUT2D eigenvalue weighted by Gasteiger charge is -2.28. The molecule has 0 atom stereocenters. The largest absolute Gasteiger partial charge is 0.338 e. The number of piperidine rings is 1. The fourth-order valence-electron chi connectivity index (χ4n) is 2.52. The zero-order chi connectivity index (χ0) is 13.9. The van der Waals surface area contributed by atoms with Crippen LogP contribution in [0.15, 0.2) is 28.8 Å². The zero-order valence-electron chi connectivity index (χ0n) is 11.7. The molecule has 106 valence electrons. The van der Waals surface area contributed by atoms with E-state index in [1.54, 1.807) is 0 Å². The Morgan fingerprint density at radius 1 is 1.35 bits per heavy atom. The van der Waals surface area contributed by atoms with E-state index in [1.807, 2.05) is 12.1 Å². The molecule has 1 aromatic heterocycles. The highest BCUT2D eigenvalue weighted by Gasteiger charge is 2.18. The van der Waals surface area contributed by atoms with E-state index in [1.165, 1.54) is 5.56 Å². The van der Waals surface area contributed by atoms with Crippen LogP contribution in [0, 0.1) is 6.92 Å². The van der Waals surface area contributed by atoms with Crippen molar-refractivity contribution in [3.8, 4) is 11.4 Å². The van der Waals surface area contributed by atoms with Crippen LogP contribution >= 0.6 is 0 Å². The summed E-state index contributed by atoms with van der Waals surface area (Å²) in [6.45, 7) is 4.78. The second-order valence-electron chi connectivity index (χ2n) is 5.49. The van der Waals surface area contributed by atoms with Gasteiger partial charge in [-0.25, -0.2) is 0 Å². The summed E-state index contributed by atoms with van der Waals surface area (Å²) in [6.07, 6.45) is 2.08. The van der Waals surface area contributed by atoms with E-state index in [4.69, 9.17) is 10.3 Å². The molecule has 0 bridgehead atoms. The Morgan fingerprint density at radius 3 is 2.90 bits per heavy atom. The summed E-state index contributed by atoms with van der Waals surface area (Å²) in [5.41, 5.74) is 8.10. The van der Waals surface area contributed by atoms with E-state index >= 15 is 0 Å². The van der Waals surface area contributed by atoms with Crippen LogP contribution in [-0.2, 0) is 6.54 Å². The molecule has 0 unspecified atom stereocenters. The molecule has 1 aromatic carbocycles. The molecule has 1 fully saturated rings. The van der Waals surface area contributed by atoms with E-state index in [-0.39, 0.29) is 0 Å². The highest BCUT2D eigenvalue weighted by molar-refractivity contribution is 5.55. The third kappa shape index (κ3) is 3.05. The number of nitrogens with two attached hydrogens (primary N) is 1. The smallest absolute Gasteiger partial charge is 0.241 e. The number of likely N-dealkylation sites (tertiary alicyclic amines) is 1. The second kappa shape index (κ2) is 5.73. The van der Waals surface area contributed by atoms with Crippen molar-refractivity contribution < 1.29 is 4.52 Å². The van der Waals surface area contributed by atoms with E-state index in [9.17, 15) is 0 Å². The lowest BCUT2D eigenvalue weighted by atomic mass is 10.1. The molecule has 5 nitrogen and oxygen atoms in total. The van der Waals surface area contributed by atoms with E-state index in [0.29, 0.717) is 24.3 Å². The summed E-state index contributed by atoms with van der Waals surface area (Å²) in [5, 5.41) is 4.07. The van der Waals surface area contributed by atoms with Crippen LogP contribution in [0.5, 0.6) is 0 Å². The summed E-state index contributed by atoms with van der Waals surface area (Å²) < 4.78 is 5.35. The molecule has 0 aliphatic carbocycles. The Labute approximate surface area is 118 Å². The minimum atomic E-state index is 0.344. The van der Waals surface area contributed by atoms with Gasteiger partial charge in [0, 0.05) is 24.7 Å². The normalized spacial score (nSPS) is 17.5. The fraction of sp³-hybridized carbons (Fsp3) is 0.467. The monoisotopic (exact) mass is 272 g/mol. The predicted octanol–water partition coefficient (Wildman–Crippen LogP) is 1.97. The van der Waals surface area contributed by atoms with Gasteiger partial charge >= 0.3 is 0 Å². The molecular formula is C15H20N4O.